The largest absolute Gasteiger partial charge is 0.673 e. The summed E-state index contributed by atoms with van der Waals surface area (Å²) in [5.74, 6) is 0.227. The summed E-state index contributed by atoms with van der Waals surface area (Å²) < 4.78 is 74.9. The first-order valence-corrected chi connectivity index (χ1v) is 16.6. The van der Waals surface area contributed by atoms with E-state index in [9.17, 15) is 30.2 Å². The fourth-order valence-electron chi connectivity index (χ4n) is 6.90. The summed E-state index contributed by atoms with van der Waals surface area (Å²) >= 11 is 0. The van der Waals surface area contributed by atoms with E-state index in [2.05, 4.69) is 31.2 Å². The Hall–Kier alpha value is -1.44. The molecule has 10 heteroatoms. The maximum Gasteiger partial charge on any atom is 0.673 e. The molecule has 204 valence electrons. The Morgan fingerprint density at radius 3 is 1.84 bits per heavy atom. The normalized spacial score (nSPS) is 20.8. The number of hydrogen-bond donors (Lipinski definition) is 1. The van der Waals surface area contributed by atoms with Gasteiger partial charge in [0.2, 0.25) is 0 Å². The fourth-order valence-corrected chi connectivity index (χ4v) is 12.8. The highest BCUT2D eigenvalue weighted by Gasteiger charge is 2.46. The highest BCUT2D eigenvalue weighted by atomic mass is 32.2. The molecule has 2 saturated carbocycles. The lowest BCUT2D eigenvalue weighted by atomic mass is 9.94. The molecular weight excluding hydrogens is 522 g/mol. The average molecular weight is 558 g/mol. The SMILES string of the molecule is CCC1c2ccccc2-c2ccc(S(=O)(=O)O)c([PH+](C3CCCCC3)C3CCCCC3)c21.F[B-](F)(F)F. The molecule has 0 spiro atoms. The molecule has 1 N–H and O–H groups in total. The van der Waals surface area contributed by atoms with Crippen LogP contribution in [-0.2, 0) is 10.1 Å². The van der Waals surface area contributed by atoms with Crippen LogP contribution in [0.5, 0.6) is 0 Å². The van der Waals surface area contributed by atoms with Gasteiger partial charge in [0.25, 0.3) is 10.1 Å². The quantitative estimate of drug-likeness (QED) is 0.174. The zero-order valence-electron chi connectivity index (χ0n) is 21.2. The zero-order valence-corrected chi connectivity index (χ0v) is 23.1. The molecular formula is C27H36BF4O3PS. The molecule has 37 heavy (non-hydrogen) atoms. The maximum absolute atomic E-state index is 12.8. The minimum absolute atomic E-state index is 0.227. The van der Waals surface area contributed by atoms with Crippen molar-refractivity contribution in [1.82, 2.24) is 0 Å². The average Bonchev–Trinajstić information content (AvgIpc) is 3.18. The Bertz CT molecular complexity index is 1170. The van der Waals surface area contributed by atoms with E-state index in [4.69, 9.17) is 0 Å². The van der Waals surface area contributed by atoms with E-state index in [1.54, 1.807) is 6.07 Å². The second-order valence-electron chi connectivity index (χ2n) is 10.5. The lowest BCUT2D eigenvalue weighted by Gasteiger charge is -2.34. The van der Waals surface area contributed by atoms with Gasteiger partial charge in [-0.05, 0) is 80.5 Å². The van der Waals surface area contributed by atoms with Gasteiger partial charge in [0.1, 0.15) is 10.2 Å². The van der Waals surface area contributed by atoms with E-state index >= 15 is 0 Å². The van der Waals surface area contributed by atoms with Crippen molar-refractivity contribution in [3.8, 4) is 11.1 Å². The second kappa shape index (κ2) is 11.8. The Morgan fingerprint density at radius 1 is 0.838 bits per heavy atom. The van der Waals surface area contributed by atoms with Crippen LogP contribution in [0.15, 0.2) is 41.3 Å². The van der Waals surface area contributed by atoms with Gasteiger partial charge < -0.3 is 17.3 Å². The molecule has 2 fully saturated rings. The molecule has 0 saturated heterocycles. The highest BCUT2D eigenvalue weighted by Crippen LogP contribution is 2.59. The first kappa shape index (κ1) is 28.6. The molecule has 3 aliphatic carbocycles. The third-order valence-electron chi connectivity index (χ3n) is 8.25. The molecule has 0 aliphatic heterocycles. The van der Waals surface area contributed by atoms with Crippen molar-refractivity contribution in [1.29, 1.82) is 0 Å². The van der Waals surface area contributed by atoms with Gasteiger partial charge in [0, 0.05) is 19.4 Å². The maximum atomic E-state index is 12.8. The Morgan fingerprint density at radius 2 is 1.35 bits per heavy atom. The van der Waals surface area contributed by atoms with Crippen LogP contribution >= 0.6 is 7.92 Å². The van der Waals surface area contributed by atoms with Crippen LogP contribution in [0.3, 0.4) is 0 Å². The van der Waals surface area contributed by atoms with Crippen LogP contribution in [0.2, 0.25) is 0 Å². The molecule has 2 aromatic rings. The molecule has 0 heterocycles. The van der Waals surface area contributed by atoms with E-state index < -0.39 is 25.3 Å². The first-order chi connectivity index (χ1) is 17.5. The van der Waals surface area contributed by atoms with Crippen LogP contribution in [0.25, 0.3) is 11.1 Å². The van der Waals surface area contributed by atoms with Gasteiger partial charge in [-0.15, -0.1) is 0 Å². The molecule has 0 aromatic heterocycles. The molecule has 3 nitrogen and oxygen atoms in total. The number of benzene rings is 2. The third kappa shape index (κ3) is 6.59. The summed E-state index contributed by atoms with van der Waals surface area (Å²) in [6, 6.07) is 12.3. The second-order valence-corrected chi connectivity index (χ2v) is 15.0. The fraction of sp³-hybridized carbons (Fsp3) is 0.556. The van der Waals surface area contributed by atoms with Crippen molar-refractivity contribution in [3.63, 3.8) is 0 Å². The van der Waals surface area contributed by atoms with E-state index in [1.165, 1.54) is 86.5 Å². The molecule has 2 aromatic carbocycles. The summed E-state index contributed by atoms with van der Waals surface area (Å²) in [7, 11) is -11.4. The monoisotopic (exact) mass is 558 g/mol. The van der Waals surface area contributed by atoms with Crippen molar-refractivity contribution >= 4 is 30.6 Å². The van der Waals surface area contributed by atoms with Crippen LogP contribution in [0, 0.1) is 0 Å². The molecule has 1 atom stereocenters. The number of fused-ring (bicyclic) bond motifs is 3. The van der Waals surface area contributed by atoms with Gasteiger partial charge in [-0.3, -0.25) is 4.55 Å². The summed E-state index contributed by atoms with van der Waals surface area (Å²) in [4.78, 5) is 0.229. The van der Waals surface area contributed by atoms with Gasteiger partial charge in [-0.2, -0.15) is 8.42 Å². The van der Waals surface area contributed by atoms with Crippen molar-refractivity contribution < 1.29 is 30.2 Å². The third-order valence-corrected chi connectivity index (χ3v) is 13.4. The van der Waals surface area contributed by atoms with E-state index in [0.29, 0.717) is 11.3 Å². The van der Waals surface area contributed by atoms with Crippen LogP contribution < -0.4 is 5.30 Å². The summed E-state index contributed by atoms with van der Waals surface area (Å²) in [5, 5.41) is 1.08. The van der Waals surface area contributed by atoms with Crippen LogP contribution in [-0.4, -0.2) is 31.5 Å². The van der Waals surface area contributed by atoms with Crippen molar-refractivity contribution in [2.45, 2.75) is 99.7 Å². The van der Waals surface area contributed by atoms with E-state index in [-0.39, 0.29) is 10.8 Å². The van der Waals surface area contributed by atoms with Gasteiger partial charge in [0.15, 0.2) is 0 Å². The van der Waals surface area contributed by atoms with Crippen LogP contribution in [0.1, 0.15) is 94.6 Å². The highest BCUT2D eigenvalue weighted by molar-refractivity contribution is 7.86. The summed E-state index contributed by atoms with van der Waals surface area (Å²) in [6.07, 6.45) is 13.5. The van der Waals surface area contributed by atoms with Crippen molar-refractivity contribution in [2.24, 2.45) is 0 Å². The molecule has 0 radical (unpaired) electrons. The summed E-state index contributed by atoms with van der Waals surface area (Å²) in [5.41, 5.74) is 6.27. The molecule has 1 unspecified atom stereocenters. The zero-order chi connectivity index (χ0) is 26.8. The van der Waals surface area contributed by atoms with Crippen molar-refractivity contribution in [2.75, 3.05) is 0 Å². The first-order valence-electron chi connectivity index (χ1n) is 13.5. The summed E-state index contributed by atoms with van der Waals surface area (Å²) in [6.45, 7) is 2.22. The topological polar surface area (TPSA) is 54.4 Å². The molecule has 0 bridgehead atoms. The standard InChI is InChI=1S/C27H35O3PS.BF4/c1-2-21-22-15-9-10-16-23(22)24-17-18-25(32(28,29)30)27(26(21)24)31(19-11-5-3-6-12-19)20-13-7-4-8-14-20;2-1(3,4)5/h9-10,15-21H,2-8,11-14H2,1H3,(H,28,29,30);/q;-1/p+1. The van der Waals surface area contributed by atoms with E-state index in [1.807, 2.05) is 6.07 Å². The van der Waals surface area contributed by atoms with Crippen molar-refractivity contribution in [3.05, 3.63) is 47.5 Å². The Balaban J connectivity index is 0.000000586. The van der Waals surface area contributed by atoms with Gasteiger partial charge in [-0.25, -0.2) is 0 Å². The number of halogens is 4. The smallest absolute Gasteiger partial charge is 0.418 e. The minimum Gasteiger partial charge on any atom is -0.418 e. The lowest BCUT2D eigenvalue weighted by molar-refractivity contribution is 0.368. The number of rotatable bonds is 5. The predicted molar refractivity (Wildman–Crippen MR) is 146 cm³/mol. The van der Waals surface area contributed by atoms with E-state index in [0.717, 1.165) is 11.7 Å². The minimum atomic E-state index is -6.00. The number of hydrogen-bond acceptors (Lipinski definition) is 2. The van der Waals surface area contributed by atoms with Gasteiger partial charge in [-0.1, -0.05) is 50.1 Å². The molecule has 5 rings (SSSR count). The Kier molecular flexibility index (Phi) is 9.07. The Labute approximate surface area is 219 Å². The molecule has 3 aliphatic rings. The van der Waals surface area contributed by atoms with Gasteiger partial charge >= 0.3 is 7.25 Å². The molecule has 0 amide bonds. The predicted octanol–water partition coefficient (Wildman–Crippen LogP) is 8.26. The van der Waals surface area contributed by atoms with Gasteiger partial charge in [0.05, 0.1) is 11.3 Å². The lowest BCUT2D eigenvalue weighted by Crippen LogP contribution is -2.31. The van der Waals surface area contributed by atoms with Crippen LogP contribution in [0.4, 0.5) is 17.3 Å².